The van der Waals surface area contributed by atoms with E-state index in [1.165, 1.54) is 0 Å². The van der Waals surface area contributed by atoms with Crippen molar-refractivity contribution in [1.82, 2.24) is 4.90 Å². The molecule has 0 saturated carbocycles. The minimum atomic E-state index is -4.91. The lowest BCUT2D eigenvalue weighted by atomic mass is 10.1. The van der Waals surface area contributed by atoms with E-state index in [0.717, 1.165) is 17.0 Å². The summed E-state index contributed by atoms with van der Waals surface area (Å²) in [4.78, 5) is 22.9. The Morgan fingerprint density at radius 1 is 1.29 bits per heavy atom. The first-order valence-electron chi connectivity index (χ1n) is 8.42. The number of nitro benzene ring substituents is 1. The maximum atomic E-state index is 14.4. The van der Waals surface area contributed by atoms with E-state index in [1.807, 2.05) is 0 Å². The Kier molecular flexibility index (Phi) is 6.05. The molecule has 7 nitrogen and oxygen atoms in total. The van der Waals surface area contributed by atoms with E-state index in [2.05, 4.69) is 0 Å². The number of piperidine rings is 1. The van der Waals surface area contributed by atoms with Gasteiger partial charge in [0.25, 0.3) is 5.69 Å². The number of benzene rings is 1. The molecule has 0 N–H and O–H groups in total. The van der Waals surface area contributed by atoms with Crippen molar-refractivity contribution in [2.75, 3.05) is 13.1 Å². The van der Waals surface area contributed by atoms with Gasteiger partial charge in [0.15, 0.2) is 6.17 Å². The van der Waals surface area contributed by atoms with Crippen LogP contribution in [0.4, 0.5) is 28.0 Å². The second-order valence-electron chi connectivity index (χ2n) is 7.32. The number of alkyl halides is 4. The molecule has 1 saturated heterocycles. The summed E-state index contributed by atoms with van der Waals surface area (Å²) < 4.78 is 64.4. The van der Waals surface area contributed by atoms with Gasteiger partial charge in [-0.3, -0.25) is 10.1 Å². The van der Waals surface area contributed by atoms with E-state index < -0.39 is 58.6 Å². The van der Waals surface area contributed by atoms with Crippen LogP contribution in [0.2, 0.25) is 0 Å². The SMILES string of the molecule is CC(C)(C)OC(=O)N1CCC(Oc2ccc([N+](=O)[O-])cc2C(F)(F)F)[C@H](F)C1. The fraction of sp³-hybridized carbons (Fsp3) is 0.588. The van der Waals surface area contributed by atoms with Crippen LogP contribution < -0.4 is 4.74 Å². The molecule has 0 aromatic heterocycles. The fourth-order valence-electron chi connectivity index (χ4n) is 2.63. The van der Waals surface area contributed by atoms with Gasteiger partial charge in [-0.25, -0.2) is 9.18 Å². The number of amides is 1. The van der Waals surface area contributed by atoms with E-state index in [-0.39, 0.29) is 13.0 Å². The quantitative estimate of drug-likeness (QED) is 0.422. The molecule has 0 aliphatic carbocycles. The first-order chi connectivity index (χ1) is 12.8. The number of non-ortho nitro benzene ring substituents is 1. The molecule has 0 bridgehead atoms. The van der Waals surface area contributed by atoms with Gasteiger partial charge in [-0.2, -0.15) is 13.2 Å². The standard InChI is InChI=1S/C17H20F4N2O5/c1-16(2,3)28-15(24)22-7-6-14(12(18)9-22)27-13-5-4-10(23(25)26)8-11(13)17(19,20)21/h4-5,8,12,14H,6-7,9H2,1-3H3/t12-,14?/m1/s1. The third-order valence-electron chi connectivity index (χ3n) is 3.89. The maximum absolute atomic E-state index is 14.4. The van der Waals surface area contributed by atoms with Gasteiger partial charge in [-0.05, 0) is 26.8 Å². The van der Waals surface area contributed by atoms with Crippen molar-refractivity contribution >= 4 is 11.8 Å². The predicted octanol–water partition coefficient (Wildman–Crippen LogP) is 4.34. The minimum absolute atomic E-state index is 0.0360. The molecule has 1 unspecified atom stereocenters. The summed E-state index contributed by atoms with van der Waals surface area (Å²) in [5, 5.41) is 10.7. The minimum Gasteiger partial charge on any atom is -0.487 e. The van der Waals surface area contributed by atoms with Gasteiger partial charge < -0.3 is 14.4 Å². The van der Waals surface area contributed by atoms with Crippen molar-refractivity contribution < 1.29 is 36.8 Å². The van der Waals surface area contributed by atoms with E-state index in [1.54, 1.807) is 20.8 Å². The van der Waals surface area contributed by atoms with E-state index in [9.17, 15) is 32.5 Å². The number of ether oxygens (including phenoxy) is 2. The first-order valence-corrected chi connectivity index (χ1v) is 8.42. The monoisotopic (exact) mass is 408 g/mol. The molecule has 2 atom stereocenters. The lowest BCUT2D eigenvalue weighted by Crippen LogP contribution is -2.50. The van der Waals surface area contributed by atoms with Crippen molar-refractivity contribution in [3.63, 3.8) is 0 Å². The van der Waals surface area contributed by atoms with Crippen molar-refractivity contribution in [3.05, 3.63) is 33.9 Å². The van der Waals surface area contributed by atoms with E-state index in [4.69, 9.17) is 9.47 Å². The van der Waals surface area contributed by atoms with Gasteiger partial charge >= 0.3 is 12.3 Å². The van der Waals surface area contributed by atoms with Crippen LogP contribution in [0.1, 0.15) is 32.8 Å². The summed E-state index contributed by atoms with van der Waals surface area (Å²) in [5.41, 5.74) is -2.88. The molecule has 1 aliphatic rings. The van der Waals surface area contributed by atoms with E-state index >= 15 is 0 Å². The summed E-state index contributed by atoms with van der Waals surface area (Å²) in [6.07, 6.45) is -8.68. The molecule has 1 fully saturated rings. The van der Waals surface area contributed by atoms with Crippen LogP contribution in [0.5, 0.6) is 5.75 Å². The molecule has 0 radical (unpaired) electrons. The number of carbonyl (C=O) groups is 1. The zero-order valence-corrected chi connectivity index (χ0v) is 15.5. The average molecular weight is 408 g/mol. The normalized spacial score (nSPS) is 20.6. The number of nitro groups is 1. The van der Waals surface area contributed by atoms with Crippen LogP contribution in [-0.4, -0.2) is 46.9 Å². The summed E-state index contributed by atoms with van der Waals surface area (Å²) in [5.74, 6) is -0.698. The zero-order valence-electron chi connectivity index (χ0n) is 15.5. The lowest BCUT2D eigenvalue weighted by Gasteiger charge is -2.35. The smallest absolute Gasteiger partial charge is 0.420 e. The Morgan fingerprint density at radius 2 is 1.93 bits per heavy atom. The van der Waals surface area contributed by atoms with Crippen molar-refractivity contribution in [3.8, 4) is 5.75 Å². The number of rotatable bonds is 3. The van der Waals surface area contributed by atoms with Crippen LogP contribution in [-0.2, 0) is 10.9 Å². The van der Waals surface area contributed by atoms with Crippen molar-refractivity contribution in [2.24, 2.45) is 0 Å². The molecular formula is C17H20F4N2O5. The molecule has 1 aromatic rings. The predicted molar refractivity (Wildman–Crippen MR) is 89.8 cm³/mol. The third-order valence-corrected chi connectivity index (χ3v) is 3.89. The summed E-state index contributed by atoms with van der Waals surface area (Å²) >= 11 is 0. The summed E-state index contributed by atoms with van der Waals surface area (Å²) in [6.45, 7) is 4.60. The van der Waals surface area contributed by atoms with Gasteiger partial charge in [0.05, 0.1) is 11.5 Å². The number of hydrogen-bond donors (Lipinski definition) is 0. The molecule has 11 heteroatoms. The number of hydrogen-bond acceptors (Lipinski definition) is 5. The van der Waals surface area contributed by atoms with Gasteiger partial charge in [0, 0.05) is 25.1 Å². The highest BCUT2D eigenvalue weighted by Crippen LogP contribution is 2.39. The molecule has 1 aromatic carbocycles. The van der Waals surface area contributed by atoms with Crippen LogP contribution in [0.3, 0.4) is 0 Å². The lowest BCUT2D eigenvalue weighted by molar-refractivity contribution is -0.385. The molecular weight excluding hydrogens is 388 g/mol. The van der Waals surface area contributed by atoms with Gasteiger partial charge in [0.2, 0.25) is 0 Å². The second kappa shape index (κ2) is 7.80. The third kappa shape index (κ3) is 5.46. The molecule has 28 heavy (non-hydrogen) atoms. The largest absolute Gasteiger partial charge is 0.487 e. The Labute approximate surface area is 158 Å². The molecule has 0 spiro atoms. The first kappa shape index (κ1) is 21.7. The maximum Gasteiger partial charge on any atom is 0.420 e. The summed E-state index contributed by atoms with van der Waals surface area (Å²) in [7, 11) is 0. The number of nitrogens with zero attached hydrogens (tertiary/aromatic N) is 2. The highest BCUT2D eigenvalue weighted by atomic mass is 19.4. The second-order valence-corrected chi connectivity index (χ2v) is 7.32. The van der Waals surface area contributed by atoms with Crippen LogP contribution in [0.25, 0.3) is 0 Å². The zero-order chi connectivity index (χ0) is 21.3. The molecule has 2 rings (SSSR count). The molecule has 156 valence electrons. The highest BCUT2D eigenvalue weighted by Gasteiger charge is 2.39. The van der Waals surface area contributed by atoms with E-state index in [0.29, 0.717) is 6.07 Å². The fourth-order valence-corrected chi connectivity index (χ4v) is 2.63. The van der Waals surface area contributed by atoms with Gasteiger partial charge in [0.1, 0.15) is 23.0 Å². The average Bonchev–Trinajstić information content (AvgIpc) is 2.54. The van der Waals surface area contributed by atoms with Gasteiger partial charge in [-0.15, -0.1) is 0 Å². The Bertz CT molecular complexity index is 748. The number of halogens is 4. The highest BCUT2D eigenvalue weighted by molar-refractivity contribution is 5.68. The van der Waals surface area contributed by atoms with Crippen molar-refractivity contribution in [2.45, 2.75) is 51.2 Å². The molecule has 1 aliphatic heterocycles. The molecule has 1 heterocycles. The van der Waals surface area contributed by atoms with Crippen LogP contribution in [0.15, 0.2) is 18.2 Å². The number of likely N-dealkylation sites (tertiary alicyclic amines) is 1. The topological polar surface area (TPSA) is 81.9 Å². The molecule has 1 amide bonds. The Balaban J connectivity index is 2.13. The Morgan fingerprint density at radius 3 is 2.43 bits per heavy atom. The van der Waals surface area contributed by atoms with Crippen LogP contribution in [0, 0.1) is 10.1 Å². The number of carbonyl (C=O) groups excluding carboxylic acids is 1. The Hall–Kier alpha value is -2.59. The van der Waals surface area contributed by atoms with Gasteiger partial charge in [-0.1, -0.05) is 0 Å². The van der Waals surface area contributed by atoms with Crippen LogP contribution >= 0.6 is 0 Å². The summed E-state index contributed by atoms with van der Waals surface area (Å²) in [6, 6.07) is 2.00. The van der Waals surface area contributed by atoms with Crippen molar-refractivity contribution in [1.29, 1.82) is 0 Å².